The van der Waals surface area contributed by atoms with Gasteiger partial charge in [0.1, 0.15) is 12.0 Å². The summed E-state index contributed by atoms with van der Waals surface area (Å²) >= 11 is 12.3. The third-order valence-corrected chi connectivity index (χ3v) is 5.31. The van der Waals surface area contributed by atoms with Crippen molar-refractivity contribution in [3.8, 4) is 0 Å². The Bertz CT molecular complexity index is 958. The van der Waals surface area contributed by atoms with Gasteiger partial charge in [-0.1, -0.05) is 41.4 Å². The molecule has 0 bridgehead atoms. The number of piperazine rings is 1. The average molecular weight is 415 g/mol. The van der Waals surface area contributed by atoms with E-state index < -0.39 is 0 Å². The number of anilines is 5. The number of benzene rings is 2. The van der Waals surface area contributed by atoms with E-state index in [4.69, 9.17) is 28.9 Å². The highest BCUT2D eigenvalue weighted by Crippen LogP contribution is 2.33. The van der Waals surface area contributed by atoms with Crippen LogP contribution in [-0.2, 0) is 0 Å². The minimum absolute atomic E-state index is 0.492. The molecule has 0 atom stereocenters. The highest BCUT2D eigenvalue weighted by Gasteiger charge is 2.21. The number of aromatic nitrogens is 2. The summed E-state index contributed by atoms with van der Waals surface area (Å²) in [6.07, 6.45) is 1.51. The van der Waals surface area contributed by atoms with Crippen LogP contribution in [0.1, 0.15) is 0 Å². The van der Waals surface area contributed by atoms with E-state index in [9.17, 15) is 0 Å². The van der Waals surface area contributed by atoms with Gasteiger partial charge in [-0.25, -0.2) is 9.97 Å². The normalized spacial score (nSPS) is 14.2. The summed E-state index contributed by atoms with van der Waals surface area (Å²) in [6.45, 7) is 3.45. The van der Waals surface area contributed by atoms with Crippen molar-refractivity contribution in [2.24, 2.45) is 0 Å². The van der Waals surface area contributed by atoms with Gasteiger partial charge in [-0.3, -0.25) is 0 Å². The average Bonchev–Trinajstić information content (AvgIpc) is 2.73. The van der Waals surface area contributed by atoms with Gasteiger partial charge in [-0.05, 0) is 30.3 Å². The van der Waals surface area contributed by atoms with E-state index in [2.05, 4.69) is 49.4 Å². The van der Waals surface area contributed by atoms with Crippen molar-refractivity contribution >= 4 is 51.9 Å². The summed E-state index contributed by atoms with van der Waals surface area (Å²) < 4.78 is 0. The van der Waals surface area contributed by atoms with Gasteiger partial charge in [0.2, 0.25) is 0 Å². The van der Waals surface area contributed by atoms with Gasteiger partial charge in [-0.15, -0.1) is 0 Å². The first-order valence-corrected chi connectivity index (χ1v) is 9.75. The third-order valence-electron chi connectivity index (χ3n) is 4.74. The number of hydrogen-bond acceptors (Lipinski definition) is 6. The first-order chi connectivity index (χ1) is 13.6. The number of nitrogens with one attached hydrogen (secondary N) is 1. The summed E-state index contributed by atoms with van der Waals surface area (Å²) in [7, 11) is 0. The molecule has 3 N–H and O–H groups in total. The molecular formula is C20H20Cl2N6. The standard InChI is InChI=1S/C20H20Cl2N6/c21-14-6-7-16(22)17(12-14)26-19-18(23)20(25-13-24-19)28-10-8-27(9-11-28)15-4-2-1-3-5-15/h1-7,12-13H,8-11,23H2,(H,24,25,26). The first kappa shape index (κ1) is 18.7. The Kier molecular flexibility index (Phi) is 5.41. The second-order valence-electron chi connectivity index (χ2n) is 6.52. The van der Waals surface area contributed by atoms with Crippen LogP contribution in [0.5, 0.6) is 0 Å². The second kappa shape index (κ2) is 8.12. The Morgan fingerprint density at radius 3 is 2.36 bits per heavy atom. The molecule has 28 heavy (non-hydrogen) atoms. The van der Waals surface area contributed by atoms with E-state index in [1.165, 1.54) is 12.0 Å². The quantitative estimate of drug-likeness (QED) is 0.657. The van der Waals surface area contributed by atoms with E-state index in [0.717, 1.165) is 32.0 Å². The number of halogens is 2. The van der Waals surface area contributed by atoms with E-state index in [0.29, 0.717) is 27.2 Å². The van der Waals surface area contributed by atoms with Crippen molar-refractivity contribution in [1.82, 2.24) is 9.97 Å². The molecule has 0 amide bonds. The molecule has 3 aromatic rings. The number of para-hydroxylation sites is 1. The predicted octanol–water partition coefficient (Wildman–Crippen LogP) is 4.44. The lowest BCUT2D eigenvalue weighted by molar-refractivity contribution is 0.647. The van der Waals surface area contributed by atoms with Gasteiger partial charge in [0, 0.05) is 36.9 Å². The lowest BCUT2D eigenvalue weighted by atomic mass is 10.2. The molecule has 0 spiro atoms. The van der Waals surface area contributed by atoms with Gasteiger partial charge >= 0.3 is 0 Å². The maximum Gasteiger partial charge on any atom is 0.159 e. The second-order valence-corrected chi connectivity index (χ2v) is 7.36. The first-order valence-electron chi connectivity index (χ1n) is 8.99. The van der Waals surface area contributed by atoms with E-state index in [1.54, 1.807) is 18.2 Å². The zero-order valence-corrected chi connectivity index (χ0v) is 16.7. The van der Waals surface area contributed by atoms with Crippen LogP contribution < -0.4 is 20.9 Å². The molecule has 6 nitrogen and oxygen atoms in total. The molecule has 1 aliphatic rings. The van der Waals surface area contributed by atoms with Gasteiger partial charge in [0.15, 0.2) is 11.6 Å². The van der Waals surface area contributed by atoms with Gasteiger partial charge in [0.05, 0.1) is 10.7 Å². The van der Waals surface area contributed by atoms with Crippen molar-refractivity contribution in [1.29, 1.82) is 0 Å². The molecule has 0 saturated carbocycles. The smallest absolute Gasteiger partial charge is 0.159 e. The largest absolute Gasteiger partial charge is 0.393 e. The SMILES string of the molecule is Nc1c(Nc2cc(Cl)ccc2Cl)ncnc1N1CCN(c2ccccc2)CC1. The molecule has 1 saturated heterocycles. The molecule has 144 valence electrons. The van der Waals surface area contributed by atoms with Gasteiger partial charge in [-0.2, -0.15) is 0 Å². The molecular weight excluding hydrogens is 395 g/mol. The van der Waals surface area contributed by atoms with E-state index >= 15 is 0 Å². The summed E-state index contributed by atoms with van der Waals surface area (Å²) in [5, 5.41) is 4.29. The van der Waals surface area contributed by atoms with Crippen LogP contribution in [0.2, 0.25) is 10.0 Å². The number of rotatable bonds is 4. The van der Waals surface area contributed by atoms with Crippen molar-refractivity contribution in [3.63, 3.8) is 0 Å². The van der Waals surface area contributed by atoms with Crippen LogP contribution in [0.4, 0.5) is 28.7 Å². The van der Waals surface area contributed by atoms with Crippen LogP contribution in [0, 0.1) is 0 Å². The minimum atomic E-state index is 0.492. The molecule has 1 aliphatic heterocycles. The van der Waals surface area contributed by atoms with Crippen molar-refractivity contribution in [2.75, 3.05) is 47.0 Å². The molecule has 0 aliphatic carbocycles. The number of nitrogen functional groups attached to an aromatic ring is 1. The molecule has 4 rings (SSSR count). The Balaban J connectivity index is 1.50. The summed E-state index contributed by atoms with van der Waals surface area (Å²) in [5.41, 5.74) is 8.75. The predicted molar refractivity (Wildman–Crippen MR) is 117 cm³/mol. The Hall–Kier alpha value is -2.70. The molecule has 1 fully saturated rings. The van der Waals surface area contributed by atoms with Crippen LogP contribution in [0.3, 0.4) is 0 Å². The van der Waals surface area contributed by atoms with Crippen molar-refractivity contribution in [3.05, 3.63) is 64.9 Å². The van der Waals surface area contributed by atoms with Crippen molar-refractivity contribution < 1.29 is 0 Å². The van der Waals surface area contributed by atoms with Gasteiger partial charge in [0.25, 0.3) is 0 Å². The lowest BCUT2D eigenvalue weighted by Gasteiger charge is -2.37. The Morgan fingerprint density at radius 2 is 1.61 bits per heavy atom. The lowest BCUT2D eigenvalue weighted by Crippen LogP contribution is -2.47. The molecule has 2 aromatic carbocycles. The zero-order valence-electron chi connectivity index (χ0n) is 15.1. The van der Waals surface area contributed by atoms with Crippen LogP contribution in [0.15, 0.2) is 54.9 Å². The van der Waals surface area contributed by atoms with Crippen LogP contribution >= 0.6 is 23.2 Å². The van der Waals surface area contributed by atoms with Gasteiger partial charge < -0.3 is 20.9 Å². The topological polar surface area (TPSA) is 70.3 Å². The monoisotopic (exact) mass is 414 g/mol. The van der Waals surface area contributed by atoms with E-state index in [1.807, 2.05) is 6.07 Å². The highest BCUT2D eigenvalue weighted by molar-refractivity contribution is 6.35. The van der Waals surface area contributed by atoms with Crippen LogP contribution in [-0.4, -0.2) is 36.1 Å². The van der Waals surface area contributed by atoms with Crippen LogP contribution in [0.25, 0.3) is 0 Å². The fraction of sp³-hybridized carbons (Fsp3) is 0.200. The number of nitrogens with zero attached hydrogens (tertiary/aromatic N) is 4. The van der Waals surface area contributed by atoms with E-state index in [-0.39, 0.29) is 0 Å². The molecule has 2 heterocycles. The molecule has 0 unspecified atom stereocenters. The Labute approximate surface area is 173 Å². The number of nitrogens with two attached hydrogens (primary N) is 1. The Morgan fingerprint density at radius 1 is 0.893 bits per heavy atom. The number of hydrogen-bond donors (Lipinski definition) is 2. The maximum absolute atomic E-state index is 6.38. The van der Waals surface area contributed by atoms with Crippen molar-refractivity contribution in [2.45, 2.75) is 0 Å². The minimum Gasteiger partial charge on any atom is -0.393 e. The zero-order chi connectivity index (χ0) is 19.5. The third kappa shape index (κ3) is 3.93. The highest BCUT2D eigenvalue weighted by atomic mass is 35.5. The fourth-order valence-electron chi connectivity index (χ4n) is 3.27. The summed E-state index contributed by atoms with van der Waals surface area (Å²) in [6, 6.07) is 15.6. The molecule has 0 radical (unpaired) electrons. The maximum atomic E-state index is 6.38. The fourth-order valence-corrected chi connectivity index (χ4v) is 3.61. The summed E-state index contributed by atoms with van der Waals surface area (Å²) in [4.78, 5) is 13.2. The molecule has 1 aromatic heterocycles. The summed E-state index contributed by atoms with van der Waals surface area (Å²) in [5.74, 6) is 1.24. The molecule has 8 heteroatoms.